The van der Waals surface area contributed by atoms with Crippen LogP contribution in [-0.4, -0.2) is 25.1 Å². The van der Waals surface area contributed by atoms with Gasteiger partial charge in [-0.1, -0.05) is 0 Å². The summed E-state index contributed by atoms with van der Waals surface area (Å²) in [5.41, 5.74) is 2.37. The second-order valence-corrected chi connectivity index (χ2v) is 5.77. The summed E-state index contributed by atoms with van der Waals surface area (Å²) in [6.07, 6.45) is 1.55. The van der Waals surface area contributed by atoms with Crippen LogP contribution in [0.25, 0.3) is 0 Å². The van der Waals surface area contributed by atoms with Crippen LogP contribution >= 0.6 is 0 Å². The van der Waals surface area contributed by atoms with Crippen LogP contribution in [0.2, 0.25) is 0 Å². The molecule has 0 fully saturated rings. The van der Waals surface area contributed by atoms with Crippen LogP contribution in [0.15, 0.2) is 60.8 Å². The number of rotatable bonds is 6. The third-order valence-corrected chi connectivity index (χ3v) is 3.95. The highest BCUT2D eigenvalue weighted by molar-refractivity contribution is 6.04. The Morgan fingerprint density at radius 1 is 0.964 bits per heavy atom. The highest BCUT2D eigenvalue weighted by atomic mass is 16.5. The van der Waals surface area contributed by atoms with Gasteiger partial charge in [0.05, 0.1) is 25.9 Å². The topological polar surface area (TPSA) is 96.3 Å². The summed E-state index contributed by atoms with van der Waals surface area (Å²) in [6, 6.07) is 17.4. The summed E-state index contributed by atoms with van der Waals surface area (Å²) < 4.78 is 10.4. The first-order chi connectivity index (χ1) is 13.6. The number of nitrogens with zero attached hydrogens (tertiary/aromatic N) is 2. The number of nitrogens with one attached hydrogen (secondary N) is 2. The molecule has 140 valence electrons. The minimum atomic E-state index is -0.280. The summed E-state index contributed by atoms with van der Waals surface area (Å²) in [6.45, 7) is 0. The maximum absolute atomic E-state index is 12.6. The summed E-state index contributed by atoms with van der Waals surface area (Å²) >= 11 is 0. The van der Waals surface area contributed by atoms with Crippen LogP contribution < -0.4 is 20.1 Å². The van der Waals surface area contributed by atoms with Crippen molar-refractivity contribution < 1.29 is 14.3 Å². The molecule has 1 amide bonds. The van der Waals surface area contributed by atoms with E-state index in [9.17, 15) is 4.79 Å². The molecule has 0 bridgehead atoms. The predicted molar refractivity (Wildman–Crippen MR) is 106 cm³/mol. The molecule has 0 aliphatic rings. The van der Waals surface area contributed by atoms with Gasteiger partial charge in [0.25, 0.3) is 5.91 Å². The maximum atomic E-state index is 12.6. The van der Waals surface area contributed by atoms with Crippen LogP contribution in [0, 0.1) is 11.3 Å². The first-order valence-electron chi connectivity index (χ1n) is 8.39. The number of carbonyl (C=O) groups excluding carboxylic acids is 1. The molecule has 0 unspecified atom stereocenters. The highest BCUT2D eigenvalue weighted by Crippen LogP contribution is 2.30. The van der Waals surface area contributed by atoms with Crippen molar-refractivity contribution in [2.75, 3.05) is 24.9 Å². The van der Waals surface area contributed by atoms with Gasteiger partial charge in [-0.3, -0.25) is 4.79 Å². The maximum Gasteiger partial charge on any atom is 0.255 e. The molecular formula is C21H18N4O3. The number of nitriles is 1. The van der Waals surface area contributed by atoms with Crippen molar-refractivity contribution in [1.82, 2.24) is 4.98 Å². The summed E-state index contributed by atoms with van der Waals surface area (Å²) in [7, 11) is 3.09. The van der Waals surface area contributed by atoms with E-state index in [-0.39, 0.29) is 5.91 Å². The Bertz CT molecular complexity index is 1030. The van der Waals surface area contributed by atoms with Crippen LogP contribution in [0.1, 0.15) is 15.9 Å². The average Bonchev–Trinajstić information content (AvgIpc) is 2.74. The lowest BCUT2D eigenvalue weighted by Crippen LogP contribution is -2.12. The lowest BCUT2D eigenvalue weighted by atomic mass is 10.2. The lowest BCUT2D eigenvalue weighted by molar-refractivity contribution is 0.102. The summed E-state index contributed by atoms with van der Waals surface area (Å²) in [5, 5.41) is 14.8. The molecule has 7 nitrogen and oxygen atoms in total. The number of methoxy groups -OCH3 is 2. The van der Waals surface area contributed by atoms with E-state index in [1.54, 1.807) is 67.9 Å². The quantitative estimate of drug-likeness (QED) is 0.678. The lowest BCUT2D eigenvalue weighted by Gasteiger charge is -2.11. The largest absolute Gasteiger partial charge is 0.493 e. The minimum absolute atomic E-state index is 0.280. The van der Waals surface area contributed by atoms with Gasteiger partial charge in [-0.05, 0) is 48.5 Å². The molecule has 3 aromatic rings. The highest BCUT2D eigenvalue weighted by Gasteiger charge is 2.10. The van der Waals surface area contributed by atoms with Gasteiger partial charge in [0, 0.05) is 29.2 Å². The van der Waals surface area contributed by atoms with Gasteiger partial charge in [0.1, 0.15) is 5.82 Å². The number of anilines is 3. The molecule has 1 aromatic heterocycles. The molecule has 2 N–H and O–H groups in total. The molecule has 0 spiro atoms. The van der Waals surface area contributed by atoms with Gasteiger partial charge in [0.15, 0.2) is 11.5 Å². The zero-order chi connectivity index (χ0) is 19.9. The molecule has 0 saturated carbocycles. The second-order valence-electron chi connectivity index (χ2n) is 5.77. The summed E-state index contributed by atoms with van der Waals surface area (Å²) in [4.78, 5) is 16.8. The molecule has 2 aromatic carbocycles. The predicted octanol–water partition coefficient (Wildman–Crippen LogP) is 3.97. The number of benzene rings is 2. The Morgan fingerprint density at radius 3 is 2.36 bits per heavy atom. The van der Waals surface area contributed by atoms with E-state index in [1.165, 1.54) is 7.11 Å². The fraction of sp³-hybridized carbons (Fsp3) is 0.0952. The fourth-order valence-electron chi connectivity index (χ4n) is 2.53. The Balaban J connectivity index is 1.74. The normalized spacial score (nSPS) is 9.89. The van der Waals surface area contributed by atoms with Crippen LogP contribution in [0.3, 0.4) is 0 Å². The van der Waals surface area contributed by atoms with Crippen LogP contribution in [0.4, 0.5) is 17.2 Å². The van der Waals surface area contributed by atoms with E-state index in [4.69, 9.17) is 14.7 Å². The zero-order valence-corrected chi connectivity index (χ0v) is 15.4. The fourth-order valence-corrected chi connectivity index (χ4v) is 2.53. The number of aromatic nitrogens is 1. The number of ether oxygens (including phenoxy) is 2. The molecule has 0 radical (unpaired) electrons. The van der Waals surface area contributed by atoms with Crippen LogP contribution in [0.5, 0.6) is 11.5 Å². The van der Waals surface area contributed by atoms with E-state index in [0.717, 1.165) is 5.69 Å². The van der Waals surface area contributed by atoms with E-state index < -0.39 is 0 Å². The Morgan fingerprint density at radius 2 is 1.68 bits per heavy atom. The molecule has 1 heterocycles. The average molecular weight is 374 g/mol. The molecular weight excluding hydrogens is 356 g/mol. The SMILES string of the molecule is COc1ccc(NC(=O)c2ccnc(Nc3ccc(C#N)cc3)c2)cc1OC. The van der Waals surface area contributed by atoms with Crippen molar-refractivity contribution >= 4 is 23.1 Å². The van der Waals surface area contributed by atoms with Crippen molar-refractivity contribution in [1.29, 1.82) is 5.26 Å². The van der Waals surface area contributed by atoms with Gasteiger partial charge in [-0.25, -0.2) is 4.98 Å². The van der Waals surface area contributed by atoms with Crippen molar-refractivity contribution in [3.8, 4) is 17.6 Å². The number of hydrogen-bond acceptors (Lipinski definition) is 6. The number of hydrogen-bond donors (Lipinski definition) is 2. The van der Waals surface area contributed by atoms with Gasteiger partial charge in [-0.2, -0.15) is 5.26 Å². The smallest absolute Gasteiger partial charge is 0.255 e. The molecule has 0 aliphatic carbocycles. The number of amides is 1. The second kappa shape index (κ2) is 8.56. The van der Waals surface area contributed by atoms with Gasteiger partial charge in [0.2, 0.25) is 0 Å². The first-order valence-corrected chi connectivity index (χ1v) is 8.39. The molecule has 0 saturated heterocycles. The van der Waals surface area contributed by atoms with Crippen molar-refractivity contribution in [3.63, 3.8) is 0 Å². The summed E-state index contributed by atoms with van der Waals surface area (Å²) in [5.74, 6) is 1.35. The number of carbonyl (C=O) groups is 1. The zero-order valence-electron chi connectivity index (χ0n) is 15.4. The van der Waals surface area contributed by atoms with Crippen LogP contribution in [-0.2, 0) is 0 Å². The van der Waals surface area contributed by atoms with Crippen molar-refractivity contribution in [3.05, 3.63) is 71.9 Å². The first kappa shape index (κ1) is 18.7. The Hall–Kier alpha value is -4.05. The number of pyridine rings is 1. The van der Waals surface area contributed by atoms with E-state index in [1.807, 2.05) is 0 Å². The van der Waals surface area contributed by atoms with Gasteiger partial charge >= 0.3 is 0 Å². The molecule has 0 atom stereocenters. The standard InChI is InChI=1S/C21H18N4O3/c1-27-18-8-7-17(12-19(18)28-2)25-21(26)15-9-10-23-20(11-15)24-16-5-3-14(13-22)4-6-16/h3-12H,1-2H3,(H,23,24)(H,25,26). The third-order valence-electron chi connectivity index (χ3n) is 3.95. The molecule has 0 aliphatic heterocycles. The molecule has 28 heavy (non-hydrogen) atoms. The van der Waals surface area contributed by atoms with Gasteiger partial charge in [-0.15, -0.1) is 0 Å². The monoisotopic (exact) mass is 374 g/mol. The molecule has 3 rings (SSSR count). The van der Waals surface area contributed by atoms with E-state index in [0.29, 0.717) is 34.1 Å². The molecule has 7 heteroatoms. The minimum Gasteiger partial charge on any atom is -0.493 e. The Labute approximate surface area is 162 Å². The van der Waals surface area contributed by atoms with Crippen molar-refractivity contribution in [2.45, 2.75) is 0 Å². The van der Waals surface area contributed by atoms with E-state index in [2.05, 4.69) is 21.7 Å². The van der Waals surface area contributed by atoms with Gasteiger partial charge < -0.3 is 20.1 Å². The van der Waals surface area contributed by atoms with E-state index >= 15 is 0 Å². The Kier molecular flexibility index (Phi) is 5.72. The van der Waals surface area contributed by atoms with Crippen molar-refractivity contribution in [2.24, 2.45) is 0 Å². The third kappa shape index (κ3) is 4.37.